The quantitative estimate of drug-likeness (QED) is 0.581. The predicted octanol–water partition coefficient (Wildman–Crippen LogP) is 3.07. The molecule has 0 bridgehead atoms. The third-order valence-electron chi connectivity index (χ3n) is 6.14. The molecule has 7 nitrogen and oxygen atoms in total. The van der Waals surface area contributed by atoms with Crippen molar-refractivity contribution in [1.82, 2.24) is 15.1 Å². The SMILES string of the molecule is CN=C(NCC(c1ccco1)N1CCCC1)N1CCc2cc(OC)c(OC)cc2C1. The van der Waals surface area contributed by atoms with Gasteiger partial charge in [-0.05, 0) is 67.7 Å². The van der Waals surface area contributed by atoms with Crippen LogP contribution in [0.2, 0.25) is 0 Å². The van der Waals surface area contributed by atoms with Crippen LogP contribution in [-0.4, -0.2) is 63.2 Å². The highest BCUT2D eigenvalue weighted by Crippen LogP contribution is 2.33. The minimum absolute atomic E-state index is 0.223. The standard InChI is InChI=1S/C23H32N4O3/c1-24-23(25-15-19(20-7-6-12-30-20)26-9-4-5-10-26)27-11-8-17-13-21(28-2)22(29-3)14-18(17)16-27/h6-7,12-14,19H,4-5,8-11,15-16H2,1-3H3,(H,24,25). The van der Waals surface area contributed by atoms with Crippen LogP contribution in [0.3, 0.4) is 0 Å². The molecule has 2 aliphatic rings. The Morgan fingerprint density at radius 1 is 1.13 bits per heavy atom. The van der Waals surface area contributed by atoms with Gasteiger partial charge in [0.05, 0.1) is 26.5 Å². The number of nitrogens with zero attached hydrogens (tertiary/aromatic N) is 3. The van der Waals surface area contributed by atoms with E-state index in [2.05, 4.69) is 38.3 Å². The van der Waals surface area contributed by atoms with Gasteiger partial charge in [0.25, 0.3) is 0 Å². The van der Waals surface area contributed by atoms with Crippen molar-refractivity contribution < 1.29 is 13.9 Å². The number of hydrogen-bond donors (Lipinski definition) is 1. The van der Waals surface area contributed by atoms with E-state index in [1.807, 2.05) is 13.1 Å². The summed E-state index contributed by atoms with van der Waals surface area (Å²) in [5.74, 6) is 3.50. The van der Waals surface area contributed by atoms with Crippen LogP contribution in [0.25, 0.3) is 0 Å². The van der Waals surface area contributed by atoms with Gasteiger partial charge in [0.15, 0.2) is 17.5 Å². The van der Waals surface area contributed by atoms with Crippen molar-refractivity contribution in [3.63, 3.8) is 0 Å². The normalized spacial score (nSPS) is 18.2. The van der Waals surface area contributed by atoms with Crippen LogP contribution in [0.5, 0.6) is 11.5 Å². The molecule has 30 heavy (non-hydrogen) atoms. The molecule has 3 heterocycles. The zero-order valence-corrected chi connectivity index (χ0v) is 18.2. The van der Waals surface area contributed by atoms with E-state index in [9.17, 15) is 0 Å². The van der Waals surface area contributed by atoms with Crippen molar-refractivity contribution in [3.8, 4) is 11.5 Å². The summed E-state index contributed by atoms with van der Waals surface area (Å²) in [5.41, 5.74) is 2.56. The first-order valence-corrected chi connectivity index (χ1v) is 10.7. The fraction of sp³-hybridized carbons (Fsp3) is 0.522. The number of guanidine groups is 1. The Kier molecular flexibility index (Phi) is 6.47. The van der Waals surface area contributed by atoms with Gasteiger partial charge >= 0.3 is 0 Å². The first-order chi connectivity index (χ1) is 14.7. The first kappa shape index (κ1) is 20.6. The molecule has 0 radical (unpaired) electrons. The fourth-order valence-electron chi connectivity index (χ4n) is 4.53. The van der Waals surface area contributed by atoms with E-state index in [1.54, 1.807) is 20.5 Å². The van der Waals surface area contributed by atoms with Crippen molar-refractivity contribution in [2.75, 3.05) is 47.4 Å². The molecule has 2 aromatic rings. The Morgan fingerprint density at radius 3 is 2.50 bits per heavy atom. The molecule has 1 fully saturated rings. The van der Waals surface area contributed by atoms with Crippen molar-refractivity contribution in [2.45, 2.75) is 31.8 Å². The zero-order chi connectivity index (χ0) is 20.9. The summed E-state index contributed by atoms with van der Waals surface area (Å²) in [6.07, 6.45) is 5.21. The van der Waals surface area contributed by atoms with E-state index in [4.69, 9.17) is 13.9 Å². The molecule has 0 aliphatic carbocycles. The van der Waals surface area contributed by atoms with E-state index in [1.165, 1.54) is 24.0 Å². The number of hydrogen-bond acceptors (Lipinski definition) is 5. The highest BCUT2D eigenvalue weighted by Gasteiger charge is 2.27. The molecule has 1 aromatic heterocycles. The Hall–Kier alpha value is -2.67. The number of ether oxygens (including phenoxy) is 2. The Labute approximate surface area is 178 Å². The topological polar surface area (TPSA) is 62.5 Å². The monoisotopic (exact) mass is 412 g/mol. The van der Waals surface area contributed by atoms with Crippen molar-refractivity contribution in [2.24, 2.45) is 4.99 Å². The number of likely N-dealkylation sites (tertiary alicyclic amines) is 1. The van der Waals surface area contributed by atoms with Crippen LogP contribution in [-0.2, 0) is 13.0 Å². The number of aliphatic imine (C=N–C) groups is 1. The molecule has 2 aliphatic heterocycles. The maximum absolute atomic E-state index is 5.75. The van der Waals surface area contributed by atoms with Crippen molar-refractivity contribution in [3.05, 3.63) is 47.4 Å². The summed E-state index contributed by atoms with van der Waals surface area (Å²) in [6.45, 7) is 4.71. The second-order valence-corrected chi connectivity index (χ2v) is 7.85. The van der Waals surface area contributed by atoms with E-state index < -0.39 is 0 Å². The van der Waals surface area contributed by atoms with Crippen LogP contribution in [0.1, 0.15) is 35.8 Å². The summed E-state index contributed by atoms with van der Waals surface area (Å²) in [4.78, 5) is 9.37. The Morgan fingerprint density at radius 2 is 1.87 bits per heavy atom. The molecule has 0 amide bonds. The van der Waals surface area contributed by atoms with E-state index in [0.717, 1.165) is 62.4 Å². The van der Waals surface area contributed by atoms with Gasteiger partial charge in [-0.3, -0.25) is 9.89 Å². The van der Waals surface area contributed by atoms with Gasteiger partial charge in [0.1, 0.15) is 5.76 Å². The van der Waals surface area contributed by atoms with Gasteiger partial charge in [-0.25, -0.2) is 0 Å². The average Bonchev–Trinajstić information content (AvgIpc) is 3.50. The van der Waals surface area contributed by atoms with Crippen molar-refractivity contribution >= 4 is 5.96 Å². The molecule has 1 aromatic carbocycles. The van der Waals surface area contributed by atoms with Gasteiger partial charge in [0.2, 0.25) is 0 Å². The lowest BCUT2D eigenvalue weighted by Crippen LogP contribution is -2.46. The smallest absolute Gasteiger partial charge is 0.194 e. The lowest BCUT2D eigenvalue weighted by atomic mass is 9.99. The molecule has 1 saturated heterocycles. The lowest BCUT2D eigenvalue weighted by molar-refractivity contribution is 0.213. The second kappa shape index (κ2) is 9.43. The molecule has 7 heteroatoms. The van der Waals surface area contributed by atoms with E-state index in [0.29, 0.717) is 0 Å². The van der Waals surface area contributed by atoms with Crippen LogP contribution >= 0.6 is 0 Å². The molecule has 0 saturated carbocycles. The van der Waals surface area contributed by atoms with Crippen LogP contribution in [0, 0.1) is 0 Å². The lowest BCUT2D eigenvalue weighted by Gasteiger charge is -2.33. The molecular formula is C23H32N4O3. The minimum Gasteiger partial charge on any atom is -0.493 e. The Bertz CT molecular complexity index is 860. The average molecular weight is 413 g/mol. The van der Waals surface area contributed by atoms with Crippen LogP contribution in [0.4, 0.5) is 0 Å². The third-order valence-corrected chi connectivity index (χ3v) is 6.14. The van der Waals surface area contributed by atoms with Gasteiger partial charge < -0.3 is 24.1 Å². The number of methoxy groups -OCH3 is 2. The minimum atomic E-state index is 0.223. The first-order valence-electron chi connectivity index (χ1n) is 10.7. The zero-order valence-electron chi connectivity index (χ0n) is 18.2. The highest BCUT2D eigenvalue weighted by molar-refractivity contribution is 5.80. The molecule has 1 N–H and O–H groups in total. The van der Waals surface area contributed by atoms with Gasteiger partial charge in [-0.1, -0.05) is 0 Å². The largest absolute Gasteiger partial charge is 0.493 e. The molecular weight excluding hydrogens is 380 g/mol. The van der Waals surface area contributed by atoms with Gasteiger partial charge in [-0.2, -0.15) is 0 Å². The van der Waals surface area contributed by atoms with Crippen LogP contribution < -0.4 is 14.8 Å². The number of nitrogens with one attached hydrogen (secondary N) is 1. The van der Waals surface area contributed by atoms with Gasteiger partial charge in [-0.15, -0.1) is 0 Å². The third kappa shape index (κ3) is 4.26. The van der Waals surface area contributed by atoms with E-state index >= 15 is 0 Å². The maximum atomic E-state index is 5.75. The van der Waals surface area contributed by atoms with Gasteiger partial charge in [0, 0.05) is 26.7 Å². The molecule has 0 spiro atoms. The molecule has 1 unspecified atom stereocenters. The predicted molar refractivity (Wildman–Crippen MR) is 117 cm³/mol. The molecule has 4 rings (SSSR count). The maximum Gasteiger partial charge on any atom is 0.194 e. The Balaban J connectivity index is 1.45. The summed E-state index contributed by atoms with van der Waals surface area (Å²) in [6, 6.07) is 8.45. The number of benzene rings is 1. The van der Waals surface area contributed by atoms with E-state index in [-0.39, 0.29) is 6.04 Å². The summed E-state index contributed by atoms with van der Waals surface area (Å²) in [5, 5.41) is 3.60. The number of furan rings is 1. The summed E-state index contributed by atoms with van der Waals surface area (Å²) < 4.78 is 16.7. The molecule has 162 valence electrons. The summed E-state index contributed by atoms with van der Waals surface area (Å²) >= 11 is 0. The van der Waals surface area contributed by atoms with Crippen molar-refractivity contribution in [1.29, 1.82) is 0 Å². The number of rotatable bonds is 6. The molecule has 1 atom stereocenters. The highest BCUT2D eigenvalue weighted by atomic mass is 16.5. The number of fused-ring (bicyclic) bond motifs is 1. The second-order valence-electron chi connectivity index (χ2n) is 7.85. The summed E-state index contributed by atoms with van der Waals surface area (Å²) in [7, 11) is 5.21. The fourth-order valence-corrected chi connectivity index (χ4v) is 4.53. The van der Waals surface area contributed by atoms with Crippen LogP contribution in [0.15, 0.2) is 39.9 Å².